The summed E-state index contributed by atoms with van der Waals surface area (Å²) in [7, 11) is -1.20. The molecule has 0 aromatic heterocycles. The molecule has 45 heavy (non-hydrogen) atoms. The predicted octanol–water partition coefficient (Wildman–Crippen LogP) is 5.95. The molecule has 6 rings (SSSR count). The predicted molar refractivity (Wildman–Crippen MR) is 183 cm³/mol. The Morgan fingerprint density at radius 1 is 1.22 bits per heavy atom. The number of rotatable bonds is 3. The van der Waals surface area contributed by atoms with Crippen LogP contribution in [0.4, 0.5) is 5.69 Å². The molecule has 4 aliphatic rings. The second kappa shape index (κ2) is 12.6. The van der Waals surface area contributed by atoms with Crippen molar-refractivity contribution >= 4 is 38.8 Å². The fourth-order valence-electron chi connectivity index (χ4n) is 8.22. The third-order valence-corrected chi connectivity index (χ3v) is 13.7. The van der Waals surface area contributed by atoms with Crippen LogP contribution in [0.2, 0.25) is 5.02 Å². The van der Waals surface area contributed by atoms with Gasteiger partial charge in [0.15, 0.2) is 0 Å². The molecule has 1 amide bonds. The first-order chi connectivity index (χ1) is 21.5. The lowest BCUT2D eigenvalue weighted by Gasteiger charge is -2.50. The van der Waals surface area contributed by atoms with E-state index in [0.717, 1.165) is 61.7 Å². The Morgan fingerprint density at radius 2 is 2.04 bits per heavy atom. The summed E-state index contributed by atoms with van der Waals surface area (Å²) in [6, 6.07) is 11.8. The van der Waals surface area contributed by atoms with Gasteiger partial charge in [0, 0.05) is 54.5 Å². The molecule has 0 saturated heterocycles. The third kappa shape index (κ3) is 6.04. The van der Waals surface area contributed by atoms with Gasteiger partial charge in [-0.2, -0.15) is 0 Å². The van der Waals surface area contributed by atoms with Crippen molar-refractivity contribution in [2.24, 2.45) is 17.8 Å². The van der Waals surface area contributed by atoms with E-state index in [4.69, 9.17) is 21.1 Å². The maximum Gasteiger partial charge on any atom is 0.262 e. The number of aliphatic hydroxyl groups is 1. The van der Waals surface area contributed by atoms with Crippen LogP contribution in [-0.2, 0) is 26.3 Å². The minimum atomic E-state index is -2.95. The number of nitrogens with zero attached hydrogens (tertiary/aromatic N) is 1. The Labute approximate surface area is 273 Å². The van der Waals surface area contributed by atoms with Crippen LogP contribution in [0, 0.1) is 17.8 Å². The molecular formula is C36H47ClN2O5S. The van der Waals surface area contributed by atoms with Gasteiger partial charge in [0.05, 0.1) is 27.6 Å². The van der Waals surface area contributed by atoms with Crippen LogP contribution in [-0.4, -0.2) is 65.4 Å². The zero-order chi connectivity index (χ0) is 32.0. The molecule has 7 atom stereocenters. The molecule has 2 aromatic carbocycles. The number of amides is 1. The number of carbonyl (C=O) groups excluding carboxylic acids is 1. The number of allylic oxidation sites excluding steroid dienone is 1. The van der Waals surface area contributed by atoms with Crippen molar-refractivity contribution in [2.45, 2.75) is 75.1 Å². The van der Waals surface area contributed by atoms with Crippen molar-refractivity contribution < 1.29 is 23.6 Å². The summed E-state index contributed by atoms with van der Waals surface area (Å²) >= 11 is 6.44. The lowest BCUT2D eigenvalue weighted by molar-refractivity contribution is -0.0864. The summed E-state index contributed by atoms with van der Waals surface area (Å²) in [5.74, 6) is 4.88. The molecule has 2 N–H and O–H groups in total. The van der Waals surface area contributed by atoms with Crippen LogP contribution in [0.3, 0.4) is 0 Å². The van der Waals surface area contributed by atoms with Crippen molar-refractivity contribution in [3.05, 3.63) is 70.3 Å². The van der Waals surface area contributed by atoms with E-state index in [9.17, 15) is 14.1 Å². The van der Waals surface area contributed by atoms with Crippen LogP contribution in [0.15, 0.2) is 48.6 Å². The number of anilines is 1. The fraction of sp³-hybridized carbons (Fsp3) is 0.556. The van der Waals surface area contributed by atoms with E-state index in [1.807, 2.05) is 32.0 Å². The van der Waals surface area contributed by atoms with Crippen molar-refractivity contribution in [1.82, 2.24) is 4.72 Å². The van der Waals surface area contributed by atoms with Crippen LogP contribution >= 0.6 is 11.6 Å². The van der Waals surface area contributed by atoms with Gasteiger partial charge in [0.2, 0.25) is 0 Å². The number of halogens is 1. The van der Waals surface area contributed by atoms with Gasteiger partial charge in [-0.15, -0.1) is 0 Å². The lowest BCUT2D eigenvalue weighted by Crippen LogP contribution is -2.53. The minimum absolute atomic E-state index is 0.000652. The first-order valence-electron chi connectivity index (χ1n) is 16.3. The highest BCUT2D eigenvalue weighted by Gasteiger charge is 2.48. The topological polar surface area (TPSA) is 88.1 Å². The Hall–Kier alpha value is -2.52. The molecule has 1 unspecified atom stereocenters. The summed E-state index contributed by atoms with van der Waals surface area (Å²) in [5, 5.41) is 10.6. The van der Waals surface area contributed by atoms with E-state index in [2.05, 4.69) is 39.8 Å². The van der Waals surface area contributed by atoms with Crippen LogP contribution in [0.25, 0.3) is 0 Å². The zero-order valence-corrected chi connectivity index (χ0v) is 28.3. The van der Waals surface area contributed by atoms with E-state index in [0.29, 0.717) is 30.9 Å². The normalized spacial score (nSPS) is 35.7. The number of hydrogen-bond acceptors (Lipinski definition) is 6. The quantitative estimate of drug-likeness (QED) is 0.314. The average molecular weight is 655 g/mol. The van der Waals surface area contributed by atoms with Gasteiger partial charge in [-0.3, -0.25) is 9.52 Å². The van der Waals surface area contributed by atoms with Crippen LogP contribution in [0.1, 0.15) is 73.9 Å². The van der Waals surface area contributed by atoms with Crippen molar-refractivity contribution in [3.8, 4) is 5.75 Å². The fourth-order valence-corrected chi connectivity index (χ4v) is 9.89. The van der Waals surface area contributed by atoms with Gasteiger partial charge < -0.3 is 19.5 Å². The second-order valence-corrected chi connectivity index (χ2v) is 16.7. The Balaban J connectivity index is 1.46. The summed E-state index contributed by atoms with van der Waals surface area (Å²) in [6.07, 6.45) is 10.5. The van der Waals surface area contributed by atoms with Crippen molar-refractivity contribution in [3.63, 3.8) is 0 Å². The number of hydrogen-bond donors (Lipinski definition) is 2. The highest BCUT2D eigenvalue weighted by molar-refractivity contribution is 7.99. The number of aryl methyl sites for hydroxylation is 1. The van der Waals surface area contributed by atoms with Gasteiger partial charge in [-0.25, -0.2) is 4.21 Å². The van der Waals surface area contributed by atoms with E-state index < -0.39 is 15.3 Å². The maximum atomic E-state index is 13.8. The molecular weight excluding hydrogens is 608 g/mol. The smallest absolute Gasteiger partial charge is 0.262 e. The van der Waals surface area contributed by atoms with E-state index in [1.165, 1.54) is 11.1 Å². The number of ether oxygens (including phenoxy) is 2. The molecule has 2 aliphatic carbocycles. The lowest BCUT2D eigenvalue weighted by atomic mass is 9.63. The molecule has 2 aliphatic heterocycles. The third-order valence-electron chi connectivity index (χ3n) is 11.3. The molecule has 2 heterocycles. The van der Waals surface area contributed by atoms with Gasteiger partial charge in [0.25, 0.3) is 5.91 Å². The first-order valence-corrected chi connectivity index (χ1v) is 18.5. The number of nitrogens with one attached hydrogen (secondary N) is 1. The van der Waals surface area contributed by atoms with Gasteiger partial charge in [-0.05, 0) is 111 Å². The van der Waals surface area contributed by atoms with Crippen LogP contribution in [0.5, 0.6) is 5.75 Å². The molecule has 1 saturated carbocycles. The number of methoxy groups -OCH3 is 1. The number of benzene rings is 2. The molecule has 1 spiro atoms. The Kier molecular flexibility index (Phi) is 9.07. The molecule has 2 aromatic rings. The standard InChI is InChI=1S/C36H47ClN2O5S/c1-24-7-5-16-36(43-3,17-18-40)31-12-9-28(31)21-39-22-35(15-6-8-26-19-29(37)11-13-30(26)35)23-44-33-14-10-27(20-32(33)39)34(41)38-45(4,42)25(24)2/h5,10-11,13-14,16,19-20,24-25,28,31,40H,4,6-9,12,15,17-18,21-23H2,1-3H3,(H,38,41,42)/b16-5+/t24-,25+,28-,31+,35-,36-,45?/m0/s1. The molecule has 7 nitrogen and oxygen atoms in total. The van der Waals surface area contributed by atoms with E-state index in [-0.39, 0.29) is 35.0 Å². The number of fused-ring (bicyclic) bond motifs is 4. The summed E-state index contributed by atoms with van der Waals surface area (Å²) in [4.78, 5) is 16.0. The zero-order valence-electron chi connectivity index (χ0n) is 26.7. The number of aliphatic hydroxyl groups excluding tert-OH is 1. The number of carbonyl (C=O) groups is 1. The van der Waals surface area contributed by atoms with E-state index in [1.54, 1.807) is 13.2 Å². The molecule has 244 valence electrons. The van der Waals surface area contributed by atoms with Gasteiger partial charge >= 0.3 is 0 Å². The minimum Gasteiger partial charge on any atom is -0.490 e. The summed E-state index contributed by atoms with van der Waals surface area (Å²) < 4.78 is 29.5. The highest BCUT2D eigenvalue weighted by atomic mass is 35.5. The van der Waals surface area contributed by atoms with Crippen molar-refractivity contribution in [1.29, 1.82) is 0 Å². The largest absolute Gasteiger partial charge is 0.490 e. The molecule has 1 fully saturated rings. The average Bonchev–Trinajstić information content (AvgIpc) is 3.15. The van der Waals surface area contributed by atoms with Crippen LogP contribution < -0.4 is 14.4 Å². The summed E-state index contributed by atoms with van der Waals surface area (Å²) in [5.41, 5.74) is 3.03. The maximum absolute atomic E-state index is 13.8. The Bertz CT molecular complexity index is 1580. The SMILES string of the molecule is C=S1(=O)NC(=O)c2ccc3c(c2)N(C[C@@H]2CC[C@H]2[C@](CCO)(OC)/C=C/C[C@H](C)[C@H]1C)C[C@@]1(CCCc2cc(Cl)ccc21)CO3. The first kappa shape index (κ1) is 32.4. The summed E-state index contributed by atoms with van der Waals surface area (Å²) in [6.45, 7) is 5.98. The molecule has 9 heteroatoms. The molecule has 2 bridgehead atoms. The molecule has 0 radical (unpaired) electrons. The van der Waals surface area contributed by atoms with Gasteiger partial charge in [-0.1, -0.05) is 36.7 Å². The van der Waals surface area contributed by atoms with E-state index >= 15 is 0 Å². The Morgan fingerprint density at radius 3 is 2.78 bits per heavy atom. The monoisotopic (exact) mass is 654 g/mol. The van der Waals surface area contributed by atoms with Crippen molar-refractivity contribution in [2.75, 3.05) is 38.3 Å². The highest BCUT2D eigenvalue weighted by Crippen LogP contribution is 2.49. The van der Waals surface area contributed by atoms with Gasteiger partial charge in [0.1, 0.15) is 5.75 Å². The second-order valence-electron chi connectivity index (χ2n) is 13.8.